The smallest absolute Gasteiger partial charge is 0.323 e. The predicted octanol–water partition coefficient (Wildman–Crippen LogP) is 2.34. The molecule has 0 amide bonds. The highest BCUT2D eigenvalue weighted by molar-refractivity contribution is 8.12. The van der Waals surface area contributed by atoms with Gasteiger partial charge in [0.05, 0.1) is 4.92 Å². The summed E-state index contributed by atoms with van der Waals surface area (Å²) in [6.45, 7) is 0. The molecule has 1 aromatic rings. The predicted molar refractivity (Wildman–Crippen MR) is 71.8 cm³/mol. The van der Waals surface area contributed by atoms with Crippen molar-refractivity contribution in [3.05, 3.63) is 33.9 Å². The van der Waals surface area contributed by atoms with Gasteiger partial charge in [0.1, 0.15) is 5.56 Å². The Balaban J connectivity index is 3.38. The molecule has 4 N–H and O–H groups in total. The molecule has 23 heavy (non-hydrogen) atoms. The minimum atomic E-state index is -5.36. The topological polar surface area (TPSA) is 158 Å². The Bertz CT molecular complexity index is 692. The van der Waals surface area contributed by atoms with Crippen LogP contribution in [0.25, 0.3) is 0 Å². The fourth-order valence-electron chi connectivity index (χ4n) is 1.43. The number of alkyl halides is 3. The number of rotatable bonds is 5. The zero-order valence-electron chi connectivity index (χ0n) is 10.6. The highest BCUT2D eigenvalue weighted by Crippen LogP contribution is 2.66. The van der Waals surface area contributed by atoms with Crippen molar-refractivity contribution in [1.82, 2.24) is 0 Å². The molecule has 130 valence electrons. The zero-order valence-corrected chi connectivity index (χ0v) is 13.2. The molecule has 0 heterocycles. The molecule has 15 heteroatoms. The number of hydrogen-bond donors (Lipinski definition) is 4. The van der Waals surface area contributed by atoms with E-state index in [2.05, 4.69) is 0 Å². The summed E-state index contributed by atoms with van der Waals surface area (Å²) in [5, 5.41) is 10.6. The van der Waals surface area contributed by atoms with Gasteiger partial charge in [-0.1, -0.05) is 11.8 Å². The summed E-state index contributed by atoms with van der Waals surface area (Å²) < 4.78 is 57.9. The number of nitrogens with zero attached hydrogens (tertiary/aromatic N) is 1. The van der Waals surface area contributed by atoms with Gasteiger partial charge in [0, 0.05) is 11.0 Å². The van der Waals surface area contributed by atoms with Crippen LogP contribution in [0.2, 0.25) is 0 Å². The van der Waals surface area contributed by atoms with E-state index in [1.165, 1.54) is 0 Å². The van der Waals surface area contributed by atoms with E-state index in [1.807, 2.05) is 0 Å². The maximum atomic E-state index is 12.8. The van der Waals surface area contributed by atoms with E-state index >= 15 is 0 Å². The van der Waals surface area contributed by atoms with Gasteiger partial charge >= 0.3 is 21.4 Å². The van der Waals surface area contributed by atoms with Gasteiger partial charge in [0.15, 0.2) is 0 Å². The molecule has 9 nitrogen and oxygen atoms in total. The Morgan fingerprint density at radius 3 is 1.96 bits per heavy atom. The Labute approximate surface area is 130 Å². The number of thioether (sulfide) groups is 1. The highest BCUT2D eigenvalue weighted by Gasteiger charge is 2.45. The van der Waals surface area contributed by atoms with Crippen molar-refractivity contribution < 1.29 is 46.8 Å². The molecule has 0 unspecified atom stereocenters. The average Bonchev–Trinajstić information content (AvgIpc) is 2.31. The second kappa shape index (κ2) is 6.52. The first kappa shape index (κ1) is 20.1. The Morgan fingerprint density at radius 1 is 1.13 bits per heavy atom. The number of benzene rings is 1. The summed E-state index contributed by atoms with van der Waals surface area (Å²) in [4.78, 5) is 44.3. The van der Waals surface area contributed by atoms with E-state index in [1.54, 1.807) is 0 Å². The van der Waals surface area contributed by atoms with Gasteiger partial charge in [-0.2, -0.15) is 13.2 Å². The molecule has 0 fully saturated rings. The molecular weight excluding hydrogens is 389 g/mol. The van der Waals surface area contributed by atoms with Crippen molar-refractivity contribution in [3.8, 4) is 0 Å². The van der Waals surface area contributed by atoms with Crippen molar-refractivity contribution >= 4 is 32.6 Å². The maximum absolute atomic E-state index is 12.8. The van der Waals surface area contributed by atoms with Crippen LogP contribution in [0, 0.1) is 10.1 Å². The fourth-order valence-corrected chi connectivity index (χ4v) is 5.40. The van der Waals surface area contributed by atoms with Crippen LogP contribution >= 0.6 is 27.0 Å². The number of hydrogen-bond acceptors (Lipinski definition) is 5. The summed E-state index contributed by atoms with van der Waals surface area (Å²) in [5.74, 6) is 0. The minimum absolute atomic E-state index is 0.196. The molecule has 0 aliphatic heterocycles. The summed E-state index contributed by atoms with van der Waals surface area (Å²) >= 11 is -0.196. The molecule has 0 aliphatic carbocycles. The van der Waals surface area contributed by atoms with Crippen molar-refractivity contribution in [2.24, 2.45) is 0 Å². The third-order valence-corrected chi connectivity index (χ3v) is 8.26. The molecule has 0 aliphatic rings. The van der Waals surface area contributed by atoms with Crippen LogP contribution in [0.1, 0.15) is 5.56 Å². The molecule has 0 saturated heterocycles. The third kappa shape index (κ3) is 5.28. The lowest BCUT2D eigenvalue weighted by molar-refractivity contribution is -0.388. The number of nitro groups is 1. The molecule has 0 radical (unpaired) electrons. The average molecular weight is 397 g/mol. The van der Waals surface area contributed by atoms with Crippen molar-refractivity contribution in [2.75, 3.05) is 0 Å². The summed E-state index contributed by atoms with van der Waals surface area (Å²) in [6, 6.07) is 1.33. The molecule has 0 spiro atoms. The number of nitro benzene ring substituents is 1. The quantitative estimate of drug-likeness (QED) is 0.253. The largest absolute Gasteiger partial charge is 0.423 e. The molecule has 0 aromatic heterocycles. The van der Waals surface area contributed by atoms with Gasteiger partial charge in [0.25, 0.3) is 5.69 Å². The van der Waals surface area contributed by atoms with E-state index in [0.29, 0.717) is 12.1 Å². The van der Waals surface area contributed by atoms with Crippen LogP contribution in [0.4, 0.5) is 18.9 Å². The molecule has 0 saturated carbocycles. The van der Waals surface area contributed by atoms with Crippen LogP contribution in [-0.4, -0.2) is 29.2 Å². The van der Waals surface area contributed by atoms with Gasteiger partial charge in [-0.25, -0.2) is 0 Å². The summed E-state index contributed by atoms with van der Waals surface area (Å²) in [7, 11) is -10.7. The molecule has 0 bridgehead atoms. The first-order valence-corrected chi connectivity index (χ1v) is 9.51. The standard InChI is InChI=1S/C8H8F3NO8P2S/c9-8(10,11)5-3-4(1-2-6(5)12(13)14)23-7(21(15,16)17)22(18,19)20/h1-3,7H,(H2,15,16,17)(H2,18,19,20). The Morgan fingerprint density at radius 2 is 1.61 bits per heavy atom. The van der Waals surface area contributed by atoms with Crippen LogP contribution in [0.3, 0.4) is 0 Å². The third-order valence-electron chi connectivity index (χ3n) is 2.29. The lowest BCUT2D eigenvalue weighted by atomic mass is 10.2. The lowest BCUT2D eigenvalue weighted by Gasteiger charge is -2.19. The second-order valence-electron chi connectivity index (χ2n) is 4.06. The number of halogens is 3. The summed E-state index contributed by atoms with van der Waals surface area (Å²) in [5.41, 5.74) is -3.01. The Hall–Kier alpha value is -0.940. The van der Waals surface area contributed by atoms with Gasteiger partial charge < -0.3 is 19.6 Å². The van der Waals surface area contributed by atoms with Gasteiger partial charge in [-0.05, 0) is 12.1 Å². The monoisotopic (exact) mass is 397 g/mol. The zero-order chi connectivity index (χ0) is 18.2. The molecule has 1 rings (SSSR count). The van der Waals surface area contributed by atoms with E-state index in [9.17, 15) is 32.4 Å². The first-order valence-electron chi connectivity index (χ1n) is 5.27. The fraction of sp³-hybridized carbons (Fsp3) is 0.250. The van der Waals surface area contributed by atoms with E-state index in [-0.39, 0.29) is 17.8 Å². The highest BCUT2D eigenvalue weighted by atomic mass is 32.2. The summed E-state index contributed by atoms with van der Waals surface area (Å²) in [6.07, 6.45) is -5.14. The van der Waals surface area contributed by atoms with E-state index < -0.39 is 47.2 Å². The van der Waals surface area contributed by atoms with Crippen LogP contribution in [0.5, 0.6) is 0 Å². The SMILES string of the molecule is O=[N+]([O-])c1ccc(SC(P(=O)(O)O)P(=O)(O)O)cc1C(F)(F)F. The van der Waals surface area contributed by atoms with Crippen molar-refractivity contribution in [1.29, 1.82) is 0 Å². The first-order chi connectivity index (χ1) is 10.1. The van der Waals surface area contributed by atoms with Crippen LogP contribution < -0.4 is 0 Å². The van der Waals surface area contributed by atoms with E-state index in [4.69, 9.17) is 19.6 Å². The normalized spacial score (nSPS) is 13.4. The molecule has 1 aromatic carbocycles. The van der Waals surface area contributed by atoms with E-state index in [0.717, 1.165) is 0 Å². The second-order valence-corrected chi connectivity index (χ2v) is 9.73. The van der Waals surface area contributed by atoms with Gasteiger partial charge in [-0.3, -0.25) is 19.2 Å². The van der Waals surface area contributed by atoms with Crippen molar-refractivity contribution in [3.63, 3.8) is 0 Å². The Kier molecular flexibility index (Phi) is 5.70. The van der Waals surface area contributed by atoms with Crippen LogP contribution in [-0.2, 0) is 15.3 Å². The van der Waals surface area contributed by atoms with Crippen LogP contribution in [0.15, 0.2) is 23.1 Å². The van der Waals surface area contributed by atoms with Gasteiger partial charge in [0.2, 0.25) is 4.73 Å². The molecule has 0 atom stereocenters. The molecular formula is C8H8F3NO8P2S. The maximum Gasteiger partial charge on any atom is 0.423 e. The van der Waals surface area contributed by atoms with Gasteiger partial charge in [-0.15, -0.1) is 0 Å². The van der Waals surface area contributed by atoms with Crippen molar-refractivity contribution in [2.45, 2.75) is 15.8 Å². The minimum Gasteiger partial charge on any atom is -0.323 e. The lowest BCUT2D eigenvalue weighted by Crippen LogP contribution is -2.10.